The van der Waals surface area contributed by atoms with E-state index in [-0.39, 0.29) is 12.4 Å². The number of nitrogens with zero attached hydrogens (tertiary/aromatic N) is 1. The fraction of sp³-hybridized carbons (Fsp3) is 0.520. The Labute approximate surface area is 180 Å². The Morgan fingerprint density at radius 3 is 2.90 bits per heavy atom. The monoisotopic (exact) mass is 413 g/mol. The van der Waals surface area contributed by atoms with Crippen LogP contribution in [0, 0.1) is 5.92 Å². The molecule has 0 spiro atoms. The average Bonchev–Trinajstić information content (AvgIpc) is 2.74. The first-order valence-corrected chi connectivity index (χ1v) is 10.9. The second-order valence-corrected chi connectivity index (χ2v) is 9.01. The van der Waals surface area contributed by atoms with Gasteiger partial charge in [-0.05, 0) is 85.5 Å². The van der Waals surface area contributed by atoms with Crippen LogP contribution in [0.15, 0.2) is 42.5 Å². The summed E-state index contributed by atoms with van der Waals surface area (Å²) in [5.41, 5.74) is 4.62. The van der Waals surface area contributed by atoms with Crippen LogP contribution < -0.4 is 4.74 Å². The summed E-state index contributed by atoms with van der Waals surface area (Å²) in [6.45, 7) is 2.30. The van der Waals surface area contributed by atoms with Gasteiger partial charge >= 0.3 is 0 Å². The summed E-state index contributed by atoms with van der Waals surface area (Å²) in [5, 5.41) is 10.2. The van der Waals surface area contributed by atoms with Crippen LogP contribution in [-0.4, -0.2) is 36.2 Å². The molecule has 5 rings (SSSR count). The van der Waals surface area contributed by atoms with E-state index in [9.17, 15) is 5.11 Å². The fourth-order valence-electron chi connectivity index (χ4n) is 6.45. The molecule has 0 radical (unpaired) electrons. The summed E-state index contributed by atoms with van der Waals surface area (Å²) in [6.07, 6.45) is 8.80. The number of methoxy groups -OCH3 is 1. The highest BCUT2D eigenvalue weighted by Gasteiger charge is 2.53. The van der Waals surface area contributed by atoms with Gasteiger partial charge in [-0.25, -0.2) is 0 Å². The van der Waals surface area contributed by atoms with E-state index in [0.29, 0.717) is 17.2 Å². The van der Waals surface area contributed by atoms with Gasteiger partial charge in [0.05, 0.1) is 7.11 Å². The number of ether oxygens (including phenoxy) is 1. The zero-order valence-electron chi connectivity index (χ0n) is 17.3. The predicted molar refractivity (Wildman–Crippen MR) is 119 cm³/mol. The van der Waals surface area contributed by atoms with E-state index in [1.807, 2.05) is 12.1 Å². The molecule has 1 heterocycles. The molecule has 2 aromatic rings. The maximum atomic E-state index is 10.2. The van der Waals surface area contributed by atoms with Gasteiger partial charge in [-0.3, -0.25) is 4.90 Å². The van der Waals surface area contributed by atoms with Crippen molar-refractivity contribution in [2.45, 2.75) is 56.4 Å². The van der Waals surface area contributed by atoms with Crippen LogP contribution in [0.2, 0.25) is 0 Å². The predicted octanol–water partition coefficient (Wildman–Crippen LogP) is 5.12. The van der Waals surface area contributed by atoms with Crippen molar-refractivity contribution in [1.82, 2.24) is 4.90 Å². The summed E-state index contributed by atoms with van der Waals surface area (Å²) >= 11 is 0. The van der Waals surface area contributed by atoms with E-state index in [1.54, 1.807) is 7.11 Å². The van der Waals surface area contributed by atoms with Crippen molar-refractivity contribution in [2.24, 2.45) is 5.92 Å². The van der Waals surface area contributed by atoms with Crippen LogP contribution in [0.4, 0.5) is 0 Å². The Morgan fingerprint density at radius 1 is 1.14 bits per heavy atom. The lowest BCUT2D eigenvalue weighted by atomic mass is 9.52. The van der Waals surface area contributed by atoms with Gasteiger partial charge < -0.3 is 9.84 Å². The molecule has 2 bridgehead atoms. The Bertz CT molecular complexity index is 870. The van der Waals surface area contributed by atoms with E-state index in [0.717, 1.165) is 31.1 Å². The Hall–Kier alpha value is -1.71. The Balaban J connectivity index is 0.00000205. The number of halogens is 1. The molecule has 1 N–H and O–H groups in total. The highest BCUT2D eigenvalue weighted by Crippen LogP contribution is 2.56. The molecule has 29 heavy (non-hydrogen) atoms. The number of hydrogen-bond donors (Lipinski definition) is 1. The number of phenolic OH excluding ortho intramolecular Hbond substituents is 1. The van der Waals surface area contributed by atoms with Crippen LogP contribution in [-0.2, 0) is 18.3 Å². The van der Waals surface area contributed by atoms with Gasteiger partial charge in [0.1, 0.15) is 11.5 Å². The van der Waals surface area contributed by atoms with Crippen molar-refractivity contribution in [3.05, 3.63) is 59.2 Å². The lowest BCUT2D eigenvalue weighted by molar-refractivity contribution is -0.0107. The third-order valence-corrected chi connectivity index (χ3v) is 7.76. The second-order valence-electron chi connectivity index (χ2n) is 9.01. The van der Waals surface area contributed by atoms with Gasteiger partial charge in [-0.1, -0.05) is 31.0 Å². The molecule has 2 aliphatic carbocycles. The van der Waals surface area contributed by atoms with E-state index in [1.165, 1.54) is 55.3 Å². The molecule has 1 aliphatic heterocycles. The quantitative estimate of drug-likeness (QED) is 0.754. The molecule has 2 fully saturated rings. The standard InChI is InChI=1S/C25H31NO2.ClH/c1-28-21-6-4-5-18(15-21)10-13-26-14-12-25-11-3-2-7-22(25)24(26)16-19-8-9-20(27)17-23(19)25;/h4-6,8-9,15,17,22,24,27H,2-3,7,10-14,16H2,1H3;1H/t22-,24-,25+;/m0./s1. The molecule has 0 amide bonds. The minimum absolute atomic E-state index is 0. The molecule has 1 saturated heterocycles. The smallest absolute Gasteiger partial charge is 0.119 e. The van der Waals surface area contributed by atoms with Crippen molar-refractivity contribution in [1.29, 1.82) is 0 Å². The summed E-state index contributed by atoms with van der Waals surface area (Å²) in [7, 11) is 1.74. The molecule has 156 valence electrons. The fourth-order valence-corrected chi connectivity index (χ4v) is 6.45. The van der Waals surface area contributed by atoms with Crippen molar-refractivity contribution < 1.29 is 9.84 Å². The summed E-state index contributed by atoms with van der Waals surface area (Å²) in [4.78, 5) is 2.77. The molecular formula is C25H32ClNO2. The summed E-state index contributed by atoms with van der Waals surface area (Å²) in [6, 6.07) is 15.3. The van der Waals surface area contributed by atoms with Crippen LogP contribution in [0.1, 0.15) is 48.8 Å². The highest BCUT2D eigenvalue weighted by molar-refractivity contribution is 5.85. The van der Waals surface area contributed by atoms with E-state index < -0.39 is 0 Å². The molecule has 2 aromatic carbocycles. The van der Waals surface area contributed by atoms with Crippen molar-refractivity contribution in [3.8, 4) is 11.5 Å². The second kappa shape index (κ2) is 8.20. The zero-order valence-corrected chi connectivity index (χ0v) is 18.1. The number of hydrogen-bond acceptors (Lipinski definition) is 3. The van der Waals surface area contributed by atoms with Crippen LogP contribution in [0.3, 0.4) is 0 Å². The molecule has 3 aliphatic rings. The first kappa shape index (κ1) is 20.6. The van der Waals surface area contributed by atoms with E-state index >= 15 is 0 Å². The molecule has 0 unspecified atom stereocenters. The molecular weight excluding hydrogens is 382 g/mol. The molecule has 3 atom stereocenters. The minimum Gasteiger partial charge on any atom is -0.508 e. The average molecular weight is 414 g/mol. The normalized spacial score (nSPS) is 28.0. The first-order chi connectivity index (χ1) is 13.7. The molecule has 4 heteroatoms. The summed E-state index contributed by atoms with van der Waals surface area (Å²) in [5.74, 6) is 2.14. The van der Waals surface area contributed by atoms with E-state index in [4.69, 9.17) is 4.74 Å². The topological polar surface area (TPSA) is 32.7 Å². The molecule has 3 nitrogen and oxygen atoms in total. The van der Waals surface area contributed by atoms with Gasteiger partial charge in [0.2, 0.25) is 0 Å². The van der Waals surface area contributed by atoms with Crippen LogP contribution in [0.5, 0.6) is 11.5 Å². The maximum Gasteiger partial charge on any atom is 0.119 e. The highest BCUT2D eigenvalue weighted by atomic mass is 35.5. The van der Waals surface area contributed by atoms with Gasteiger partial charge in [0, 0.05) is 18.0 Å². The van der Waals surface area contributed by atoms with E-state index in [2.05, 4.69) is 35.2 Å². The number of fused-ring (bicyclic) bond motifs is 1. The van der Waals surface area contributed by atoms with Crippen molar-refractivity contribution >= 4 is 12.4 Å². The largest absolute Gasteiger partial charge is 0.508 e. The lowest BCUT2D eigenvalue weighted by Crippen LogP contribution is -2.61. The zero-order chi connectivity index (χ0) is 19.1. The van der Waals surface area contributed by atoms with Gasteiger partial charge in [-0.2, -0.15) is 0 Å². The minimum atomic E-state index is 0. The third kappa shape index (κ3) is 3.53. The van der Waals surface area contributed by atoms with Gasteiger partial charge in [0.25, 0.3) is 0 Å². The maximum absolute atomic E-state index is 10.2. The van der Waals surface area contributed by atoms with Crippen molar-refractivity contribution in [3.63, 3.8) is 0 Å². The summed E-state index contributed by atoms with van der Waals surface area (Å²) < 4.78 is 5.40. The lowest BCUT2D eigenvalue weighted by Gasteiger charge is -2.59. The number of piperidine rings is 1. The van der Waals surface area contributed by atoms with Crippen LogP contribution >= 0.6 is 12.4 Å². The number of aromatic hydroxyl groups is 1. The van der Waals surface area contributed by atoms with Crippen LogP contribution in [0.25, 0.3) is 0 Å². The van der Waals surface area contributed by atoms with Gasteiger partial charge in [-0.15, -0.1) is 12.4 Å². The van der Waals surface area contributed by atoms with Gasteiger partial charge in [0.15, 0.2) is 0 Å². The SMILES string of the molecule is COc1cccc(CCN2CC[C@]34CCCC[C@H]3[C@@H]2Cc2ccc(O)cc24)c1.Cl. The number of phenols is 1. The molecule has 1 saturated carbocycles. The Morgan fingerprint density at radius 2 is 2.03 bits per heavy atom. The number of rotatable bonds is 4. The third-order valence-electron chi connectivity index (χ3n) is 7.76. The number of benzene rings is 2. The molecule has 0 aromatic heterocycles. The first-order valence-electron chi connectivity index (χ1n) is 10.9. The Kier molecular flexibility index (Phi) is 5.81. The number of likely N-dealkylation sites (tertiary alicyclic amines) is 1. The van der Waals surface area contributed by atoms with Crippen molar-refractivity contribution in [2.75, 3.05) is 20.2 Å².